The molecule has 0 amide bonds. The third-order valence-electron chi connectivity index (χ3n) is 2.77. The van der Waals surface area contributed by atoms with Crippen molar-refractivity contribution in [1.82, 2.24) is 4.98 Å². The second-order valence-electron chi connectivity index (χ2n) is 3.91. The molecular weight excluding hydrogens is 190 g/mol. The predicted molar refractivity (Wildman–Crippen MR) is 55.5 cm³/mol. The van der Waals surface area contributed by atoms with Crippen molar-refractivity contribution in [2.24, 2.45) is 5.92 Å². The molecule has 1 heterocycles. The van der Waals surface area contributed by atoms with E-state index in [1.807, 2.05) is 0 Å². The molecule has 15 heavy (non-hydrogen) atoms. The fraction of sp³-hybridized carbons (Fsp3) is 0.417. The summed E-state index contributed by atoms with van der Waals surface area (Å²) in [5.41, 5.74) is 0.484. The molecule has 1 aromatic rings. The summed E-state index contributed by atoms with van der Waals surface area (Å²) < 4.78 is 0. The Morgan fingerprint density at radius 1 is 1.40 bits per heavy atom. The first-order valence-corrected chi connectivity index (χ1v) is 5.24. The van der Waals surface area contributed by atoms with Crippen molar-refractivity contribution in [1.29, 1.82) is 0 Å². The van der Waals surface area contributed by atoms with Gasteiger partial charge in [0.2, 0.25) is 0 Å². The average molecular weight is 203 g/mol. The Bertz CT molecular complexity index is 372. The quantitative estimate of drug-likeness (QED) is 0.691. The normalized spacial score (nSPS) is 21.3. The van der Waals surface area contributed by atoms with Crippen LogP contribution in [0.25, 0.3) is 0 Å². The van der Waals surface area contributed by atoms with Crippen LogP contribution in [0.4, 0.5) is 0 Å². The Morgan fingerprint density at radius 2 is 2.27 bits per heavy atom. The van der Waals surface area contributed by atoms with E-state index in [0.29, 0.717) is 18.5 Å². The van der Waals surface area contributed by atoms with E-state index in [-0.39, 0.29) is 17.5 Å². The summed E-state index contributed by atoms with van der Waals surface area (Å²) in [6.07, 6.45) is 4.29. The minimum atomic E-state index is -0.138. The fourth-order valence-electron chi connectivity index (χ4n) is 1.97. The number of nitrogens with zero attached hydrogens (tertiary/aromatic N) is 1. The molecule has 1 fully saturated rings. The molecular formula is C12H13NO2. The Labute approximate surface area is 88.5 Å². The van der Waals surface area contributed by atoms with E-state index >= 15 is 0 Å². The Hall–Kier alpha value is -1.51. The summed E-state index contributed by atoms with van der Waals surface area (Å²) in [7, 11) is 0. The number of hydrogen-bond donors (Lipinski definition) is 0. The molecule has 3 nitrogen and oxygen atoms in total. The number of ketones is 2. The maximum atomic E-state index is 11.9. The molecule has 0 bridgehead atoms. The lowest BCUT2D eigenvalue weighted by atomic mass is 9.84. The van der Waals surface area contributed by atoms with Gasteiger partial charge in [0.25, 0.3) is 0 Å². The second-order valence-corrected chi connectivity index (χ2v) is 3.91. The summed E-state index contributed by atoms with van der Waals surface area (Å²) >= 11 is 0. The van der Waals surface area contributed by atoms with Crippen molar-refractivity contribution in [2.45, 2.75) is 25.7 Å². The molecule has 0 radical (unpaired) electrons. The van der Waals surface area contributed by atoms with Gasteiger partial charge in [-0.1, -0.05) is 6.07 Å². The van der Waals surface area contributed by atoms with Crippen LogP contribution in [-0.2, 0) is 4.79 Å². The highest BCUT2D eigenvalue weighted by Gasteiger charge is 2.26. The summed E-state index contributed by atoms with van der Waals surface area (Å²) in [6, 6.07) is 5.29. The number of rotatable bonds is 2. The van der Waals surface area contributed by atoms with Crippen molar-refractivity contribution in [3.05, 3.63) is 30.1 Å². The summed E-state index contributed by atoms with van der Waals surface area (Å²) in [5, 5.41) is 0. The van der Waals surface area contributed by atoms with Gasteiger partial charge in [-0.05, 0) is 25.0 Å². The van der Waals surface area contributed by atoms with Crippen LogP contribution in [0, 0.1) is 5.92 Å². The van der Waals surface area contributed by atoms with E-state index in [2.05, 4.69) is 4.98 Å². The maximum absolute atomic E-state index is 11.9. The highest BCUT2D eigenvalue weighted by Crippen LogP contribution is 2.24. The number of Topliss-reactive ketones (excluding diaryl/α,β-unsaturated/α-hetero) is 2. The van der Waals surface area contributed by atoms with Crippen LogP contribution in [0.5, 0.6) is 0 Å². The zero-order valence-corrected chi connectivity index (χ0v) is 8.48. The highest BCUT2D eigenvalue weighted by atomic mass is 16.1. The van der Waals surface area contributed by atoms with Crippen LogP contribution in [0.15, 0.2) is 24.4 Å². The van der Waals surface area contributed by atoms with Gasteiger partial charge in [-0.15, -0.1) is 0 Å². The molecule has 1 aliphatic carbocycles. The van der Waals surface area contributed by atoms with E-state index in [1.165, 1.54) is 0 Å². The molecule has 0 aromatic carbocycles. The molecule has 3 heteroatoms. The van der Waals surface area contributed by atoms with Gasteiger partial charge in [-0.25, -0.2) is 0 Å². The highest BCUT2D eigenvalue weighted by molar-refractivity contribution is 5.99. The molecule has 0 N–H and O–H groups in total. The van der Waals surface area contributed by atoms with Crippen LogP contribution in [0.3, 0.4) is 0 Å². The average Bonchev–Trinajstić information content (AvgIpc) is 2.29. The minimum absolute atomic E-state index is 0.0173. The smallest absolute Gasteiger partial charge is 0.184 e. The van der Waals surface area contributed by atoms with Gasteiger partial charge in [-0.3, -0.25) is 14.6 Å². The molecule has 1 aliphatic rings. The van der Waals surface area contributed by atoms with Crippen molar-refractivity contribution in [3.8, 4) is 0 Å². The van der Waals surface area contributed by atoms with Gasteiger partial charge >= 0.3 is 0 Å². The molecule has 1 aromatic heterocycles. The number of carbonyl (C=O) groups excluding carboxylic acids is 2. The molecule has 0 spiro atoms. The third kappa shape index (κ3) is 2.29. The van der Waals surface area contributed by atoms with E-state index in [1.54, 1.807) is 24.4 Å². The number of hydrogen-bond acceptors (Lipinski definition) is 3. The van der Waals surface area contributed by atoms with E-state index in [9.17, 15) is 9.59 Å². The first kappa shape index (κ1) is 10.0. The number of carbonyl (C=O) groups is 2. The summed E-state index contributed by atoms with van der Waals surface area (Å²) in [6.45, 7) is 0. The van der Waals surface area contributed by atoms with Gasteiger partial charge in [0.05, 0.1) is 0 Å². The minimum Gasteiger partial charge on any atom is -0.300 e. The van der Waals surface area contributed by atoms with Gasteiger partial charge in [-0.2, -0.15) is 0 Å². The molecule has 1 atom stereocenters. The summed E-state index contributed by atoms with van der Waals surface area (Å²) in [5.74, 6) is 0.0836. The monoisotopic (exact) mass is 203 g/mol. The van der Waals surface area contributed by atoms with Crippen LogP contribution < -0.4 is 0 Å². The third-order valence-corrected chi connectivity index (χ3v) is 2.77. The van der Waals surface area contributed by atoms with Crippen LogP contribution in [0.1, 0.15) is 36.2 Å². The van der Waals surface area contributed by atoms with Crippen molar-refractivity contribution in [2.75, 3.05) is 0 Å². The van der Waals surface area contributed by atoms with Gasteiger partial charge in [0, 0.05) is 25.0 Å². The second kappa shape index (κ2) is 4.34. The fourth-order valence-corrected chi connectivity index (χ4v) is 1.97. The van der Waals surface area contributed by atoms with Gasteiger partial charge in [0.1, 0.15) is 11.5 Å². The standard InChI is InChI=1S/C12H13NO2/c14-10-5-3-4-9(8-10)12(15)11-6-1-2-7-13-11/h1-2,6-7,9H,3-5,8H2. The number of pyridine rings is 1. The molecule has 2 rings (SSSR count). The largest absolute Gasteiger partial charge is 0.300 e. The lowest BCUT2D eigenvalue weighted by Gasteiger charge is -2.18. The first-order chi connectivity index (χ1) is 7.27. The van der Waals surface area contributed by atoms with Crippen LogP contribution >= 0.6 is 0 Å². The predicted octanol–water partition coefficient (Wildman–Crippen LogP) is 2.02. The van der Waals surface area contributed by atoms with Crippen molar-refractivity contribution in [3.63, 3.8) is 0 Å². The van der Waals surface area contributed by atoms with Crippen LogP contribution in [0.2, 0.25) is 0 Å². The zero-order chi connectivity index (χ0) is 10.7. The van der Waals surface area contributed by atoms with E-state index < -0.39 is 0 Å². The lowest BCUT2D eigenvalue weighted by molar-refractivity contribution is -0.121. The zero-order valence-electron chi connectivity index (χ0n) is 8.48. The first-order valence-electron chi connectivity index (χ1n) is 5.24. The number of aromatic nitrogens is 1. The van der Waals surface area contributed by atoms with Crippen molar-refractivity contribution < 1.29 is 9.59 Å². The Kier molecular flexibility index (Phi) is 2.90. The van der Waals surface area contributed by atoms with Crippen molar-refractivity contribution >= 4 is 11.6 Å². The summed E-state index contributed by atoms with van der Waals surface area (Å²) in [4.78, 5) is 27.2. The maximum Gasteiger partial charge on any atom is 0.184 e. The SMILES string of the molecule is O=C1CCCC(C(=O)c2ccccn2)C1. The lowest BCUT2D eigenvalue weighted by Crippen LogP contribution is -2.23. The topological polar surface area (TPSA) is 47.0 Å². The Morgan fingerprint density at radius 3 is 2.93 bits per heavy atom. The van der Waals surface area contributed by atoms with Crippen LogP contribution in [-0.4, -0.2) is 16.6 Å². The molecule has 1 saturated carbocycles. The molecule has 1 unspecified atom stereocenters. The van der Waals surface area contributed by atoms with E-state index in [4.69, 9.17) is 0 Å². The van der Waals surface area contributed by atoms with E-state index in [0.717, 1.165) is 12.8 Å². The molecule has 0 saturated heterocycles. The van der Waals surface area contributed by atoms with Gasteiger partial charge < -0.3 is 0 Å². The van der Waals surface area contributed by atoms with Gasteiger partial charge in [0.15, 0.2) is 5.78 Å². The molecule has 78 valence electrons. The Balaban J connectivity index is 2.11. The molecule has 0 aliphatic heterocycles.